The van der Waals surface area contributed by atoms with Crippen molar-refractivity contribution in [3.63, 3.8) is 0 Å². The Morgan fingerprint density at radius 3 is 2.51 bits per heavy atom. The van der Waals surface area contributed by atoms with E-state index in [1.54, 1.807) is 30.3 Å². The molecule has 1 fully saturated rings. The smallest absolute Gasteiger partial charge is 0.335 e. The van der Waals surface area contributed by atoms with Crippen molar-refractivity contribution < 1.29 is 14.6 Å². The van der Waals surface area contributed by atoms with Crippen LogP contribution in [0.5, 0.6) is 11.5 Å². The molecule has 210 valence electrons. The molecular formula is C29H30N8O4. The van der Waals surface area contributed by atoms with Gasteiger partial charge in [0, 0.05) is 31.7 Å². The largest absolute Gasteiger partial charge is 0.457 e. The van der Waals surface area contributed by atoms with Gasteiger partial charge >= 0.3 is 5.69 Å². The van der Waals surface area contributed by atoms with E-state index in [0.717, 1.165) is 0 Å². The average Bonchev–Trinajstić information content (AvgIpc) is 3.23. The normalized spacial score (nSPS) is 14.4. The number of nitrogens with two attached hydrogens (primary N) is 1. The molecule has 0 aliphatic carbocycles. The Balaban J connectivity index is 1.35. The predicted octanol–water partition coefficient (Wildman–Crippen LogP) is 1.98. The maximum absolute atomic E-state index is 13.6. The molecule has 5 rings (SSSR count). The molecule has 0 spiro atoms. The number of amides is 1. The molecule has 0 bridgehead atoms. The highest BCUT2D eigenvalue weighted by atomic mass is 16.5. The van der Waals surface area contributed by atoms with Gasteiger partial charge in [-0.3, -0.25) is 18.8 Å². The third-order valence-corrected chi connectivity index (χ3v) is 6.97. The molecule has 2 aromatic carbocycles. The number of fused-ring (bicyclic) bond motifs is 1. The van der Waals surface area contributed by atoms with Crippen LogP contribution in [0.4, 0.5) is 5.82 Å². The summed E-state index contributed by atoms with van der Waals surface area (Å²) >= 11 is 0. The van der Waals surface area contributed by atoms with Crippen LogP contribution in [0.25, 0.3) is 16.9 Å². The van der Waals surface area contributed by atoms with Gasteiger partial charge in [-0.25, -0.2) is 14.8 Å². The number of hydrogen-bond donors (Lipinski definition) is 3. The van der Waals surface area contributed by atoms with Gasteiger partial charge in [0.25, 0.3) is 5.91 Å². The molecule has 1 amide bonds. The lowest BCUT2D eigenvalue weighted by molar-refractivity contribution is -0.117. The summed E-state index contributed by atoms with van der Waals surface area (Å²) in [5.74, 6) is 0.860. The second kappa shape index (κ2) is 11.2. The monoisotopic (exact) mass is 554 g/mol. The summed E-state index contributed by atoms with van der Waals surface area (Å²) in [5, 5.41) is 21.9. The van der Waals surface area contributed by atoms with Gasteiger partial charge in [0.2, 0.25) is 0 Å². The van der Waals surface area contributed by atoms with E-state index in [9.17, 15) is 20.0 Å². The molecular weight excluding hydrogens is 524 g/mol. The predicted molar refractivity (Wildman–Crippen MR) is 152 cm³/mol. The van der Waals surface area contributed by atoms with E-state index >= 15 is 0 Å². The van der Waals surface area contributed by atoms with Crippen molar-refractivity contribution in [1.82, 2.24) is 29.3 Å². The van der Waals surface area contributed by atoms with E-state index in [-0.39, 0.29) is 24.5 Å². The fraction of sp³-hybridized carbons (Fsp3) is 0.276. The summed E-state index contributed by atoms with van der Waals surface area (Å²) in [6.07, 6.45) is 2.46. The number of carbonyl (C=O) groups excluding carboxylic acids is 1. The molecule has 0 unspecified atom stereocenters. The summed E-state index contributed by atoms with van der Waals surface area (Å²) in [6.45, 7) is 4.85. The number of likely N-dealkylation sites (tertiary alicyclic amines) is 1. The highest BCUT2D eigenvalue weighted by Crippen LogP contribution is 2.26. The van der Waals surface area contributed by atoms with Crippen molar-refractivity contribution in [2.45, 2.75) is 32.0 Å². The maximum atomic E-state index is 13.6. The van der Waals surface area contributed by atoms with Gasteiger partial charge in [0.05, 0.1) is 11.8 Å². The summed E-state index contributed by atoms with van der Waals surface area (Å²) < 4.78 is 8.68. The second-order valence-electron chi connectivity index (χ2n) is 10.2. The molecule has 0 saturated carbocycles. The zero-order valence-electron chi connectivity index (χ0n) is 22.7. The average molecular weight is 555 g/mol. The lowest BCUT2D eigenvalue weighted by atomic mass is 9.94. The van der Waals surface area contributed by atoms with Crippen LogP contribution in [-0.4, -0.2) is 66.3 Å². The summed E-state index contributed by atoms with van der Waals surface area (Å²) in [6, 6.07) is 18.3. The molecule has 1 aliphatic heterocycles. The number of ether oxygens (including phenoxy) is 1. The number of hydrogen-bond acceptors (Lipinski definition) is 9. The number of nitrogens with one attached hydrogen (secondary N) is 1. The zero-order chi connectivity index (χ0) is 29.1. The van der Waals surface area contributed by atoms with Crippen LogP contribution in [0.2, 0.25) is 0 Å². The van der Waals surface area contributed by atoms with E-state index in [2.05, 4.69) is 15.3 Å². The number of nitrogen functional groups attached to an aromatic ring is 1. The fourth-order valence-electron chi connectivity index (χ4n) is 4.73. The summed E-state index contributed by atoms with van der Waals surface area (Å²) in [4.78, 5) is 36.7. The Labute approximate surface area is 235 Å². The van der Waals surface area contributed by atoms with Crippen molar-refractivity contribution >= 4 is 22.9 Å². The number of carbonyl (C=O) groups is 1. The number of β-amino-alcohol motifs (C(OH)–C–C–N with tert-alkyl or cyclic N) is 1. The lowest BCUT2D eigenvalue weighted by Gasteiger charge is -2.46. The Morgan fingerprint density at radius 2 is 1.85 bits per heavy atom. The highest BCUT2D eigenvalue weighted by Gasteiger charge is 2.35. The van der Waals surface area contributed by atoms with Gasteiger partial charge in [-0.2, -0.15) is 5.26 Å². The van der Waals surface area contributed by atoms with Crippen LogP contribution in [0, 0.1) is 11.3 Å². The first-order valence-corrected chi connectivity index (χ1v) is 13.1. The van der Waals surface area contributed by atoms with E-state index in [1.165, 1.54) is 15.5 Å². The Hall–Kier alpha value is -4.99. The lowest BCUT2D eigenvalue weighted by Crippen LogP contribution is -2.59. The number of nitriles is 1. The highest BCUT2D eigenvalue weighted by molar-refractivity contribution is 5.97. The first-order valence-electron chi connectivity index (χ1n) is 13.1. The van der Waals surface area contributed by atoms with Gasteiger partial charge in [-0.05, 0) is 56.3 Å². The summed E-state index contributed by atoms with van der Waals surface area (Å²) in [7, 11) is 0. The minimum atomic E-state index is -0.581. The second-order valence-corrected chi connectivity index (χ2v) is 10.2. The maximum Gasteiger partial charge on any atom is 0.335 e. The Morgan fingerprint density at radius 1 is 1.17 bits per heavy atom. The van der Waals surface area contributed by atoms with E-state index in [0.29, 0.717) is 41.4 Å². The number of imidazole rings is 1. The molecule has 1 saturated heterocycles. The fourth-order valence-corrected chi connectivity index (χ4v) is 4.73. The Kier molecular flexibility index (Phi) is 7.56. The van der Waals surface area contributed by atoms with Crippen molar-refractivity contribution in [1.29, 1.82) is 5.26 Å². The number of rotatable bonds is 9. The van der Waals surface area contributed by atoms with Crippen molar-refractivity contribution in [3.05, 3.63) is 83.1 Å². The molecule has 4 aromatic rings. The number of aromatic nitrogens is 4. The standard InChI is InChI=1S/C29H30N8O4/c1-29(2,35-16-21(38)17-35)14-19(15-30)27(39)32-12-13-36-26-24(25(31)33-18-34-26)37(28(36)40)20-8-10-23(11-9-20)41-22-6-4-3-5-7-22/h3-11,14,18,21,38H,12-13,16-17H2,1-2H3,(H,32,39)(H2,31,33,34). The van der Waals surface area contributed by atoms with Crippen molar-refractivity contribution in [2.75, 3.05) is 25.4 Å². The van der Waals surface area contributed by atoms with Gasteiger partial charge < -0.3 is 20.9 Å². The van der Waals surface area contributed by atoms with Gasteiger partial charge in [0.1, 0.15) is 35.0 Å². The van der Waals surface area contributed by atoms with Crippen LogP contribution >= 0.6 is 0 Å². The van der Waals surface area contributed by atoms with Gasteiger partial charge in [-0.1, -0.05) is 18.2 Å². The first kappa shape index (κ1) is 27.6. The zero-order valence-corrected chi connectivity index (χ0v) is 22.7. The molecule has 12 nitrogen and oxygen atoms in total. The van der Waals surface area contributed by atoms with Crippen molar-refractivity contribution in [2.24, 2.45) is 0 Å². The molecule has 41 heavy (non-hydrogen) atoms. The number of anilines is 1. The minimum absolute atomic E-state index is 0.0458. The van der Waals surface area contributed by atoms with Gasteiger partial charge in [-0.15, -0.1) is 0 Å². The van der Waals surface area contributed by atoms with Crippen LogP contribution in [-0.2, 0) is 11.3 Å². The van der Waals surface area contributed by atoms with Gasteiger partial charge in [0.15, 0.2) is 11.5 Å². The topological polar surface area (TPSA) is 164 Å². The molecule has 3 heterocycles. The third kappa shape index (κ3) is 5.67. The molecule has 0 radical (unpaired) electrons. The summed E-state index contributed by atoms with van der Waals surface area (Å²) in [5.41, 5.74) is 6.33. The van der Waals surface area contributed by atoms with Crippen LogP contribution in [0.1, 0.15) is 13.8 Å². The number of aliphatic hydroxyl groups excluding tert-OH is 1. The third-order valence-electron chi connectivity index (χ3n) is 6.97. The molecule has 12 heteroatoms. The van der Waals surface area contributed by atoms with E-state index in [4.69, 9.17) is 10.5 Å². The van der Waals surface area contributed by atoms with Crippen molar-refractivity contribution in [3.8, 4) is 23.3 Å². The number of benzene rings is 2. The molecule has 2 aromatic heterocycles. The van der Waals surface area contributed by atoms with E-state index < -0.39 is 23.2 Å². The van der Waals surface area contributed by atoms with Crippen LogP contribution in [0.3, 0.4) is 0 Å². The first-order chi connectivity index (χ1) is 19.7. The molecule has 0 atom stereocenters. The number of aliphatic hydroxyl groups is 1. The van der Waals surface area contributed by atoms with E-state index in [1.807, 2.05) is 55.1 Å². The van der Waals surface area contributed by atoms with Crippen LogP contribution < -0.4 is 21.5 Å². The Bertz CT molecular complexity index is 1700. The quantitative estimate of drug-likeness (QED) is 0.207. The molecule has 1 aliphatic rings. The number of nitrogens with zero attached hydrogens (tertiary/aromatic N) is 6. The number of para-hydroxylation sites is 1. The minimum Gasteiger partial charge on any atom is -0.457 e. The SMILES string of the molecule is CC(C)(C=C(C#N)C(=O)NCCn1c(=O)n(-c2ccc(Oc3ccccc3)cc2)c2c(N)ncnc21)N1CC(O)C1. The van der Waals surface area contributed by atoms with Crippen LogP contribution in [0.15, 0.2) is 77.4 Å². The molecule has 4 N–H and O–H groups in total.